The Morgan fingerprint density at radius 1 is 0.116 bits per heavy atom. The summed E-state index contributed by atoms with van der Waals surface area (Å²) in [5, 5.41) is 0. The molecule has 0 heterocycles. The molecular formula is C147H142. The number of hydrogen-bond acceptors (Lipinski definition) is 0. The molecule has 1 aliphatic rings. The molecule has 0 fully saturated rings. The molecule has 0 bridgehead atoms. The predicted molar refractivity (Wildman–Crippen MR) is 635 cm³/mol. The summed E-state index contributed by atoms with van der Waals surface area (Å²) in [7, 11) is 0. The molecule has 1 atom stereocenters. The first-order chi connectivity index (χ1) is 69.8. The van der Waals surface area contributed by atoms with Crippen LogP contribution in [0.5, 0.6) is 0 Å². The Kier molecular flexibility index (Phi) is 25.9. The van der Waals surface area contributed by atoms with E-state index in [1.54, 1.807) is 0 Å². The maximum atomic E-state index is 2.65. The molecule has 0 saturated carbocycles. The first kappa shape index (κ1) is 99.5. The highest BCUT2D eigenvalue weighted by Gasteiger charge is 2.49. The molecule has 1 aliphatic carbocycles. The average Bonchev–Trinajstić information content (AvgIpc) is 1.53. The lowest BCUT2D eigenvalue weighted by Gasteiger charge is -2.36. The van der Waals surface area contributed by atoms with Gasteiger partial charge in [-0.1, -0.05) is 488 Å². The third-order valence-electron chi connectivity index (χ3n) is 31.1. The van der Waals surface area contributed by atoms with Crippen molar-refractivity contribution in [1.29, 1.82) is 0 Å². The molecule has 0 saturated heterocycles. The van der Waals surface area contributed by atoms with Gasteiger partial charge >= 0.3 is 0 Å². The van der Waals surface area contributed by atoms with Crippen LogP contribution in [0.4, 0.5) is 0 Å². The van der Waals surface area contributed by atoms with E-state index in [-0.39, 0.29) is 43.3 Å². The predicted octanol–water partition coefficient (Wildman–Crippen LogP) is 41.4. The van der Waals surface area contributed by atoms with E-state index in [9.17, 15) is 0 Å². The van der Waals surface area contributed by atoms with Crippen LogP contribution in [0.25, 0.3) is 178 Å². The monoisotopic (exact) mass is 1910 g/mol. The van der Waals surface area contributed by atoms with E-state index in [0.717, 1.165) is 167 Å². The van der Waals surface area contributed by atoms with Crippen molar-refractivity contribution in [3.8, 4) is 178 Å². The lowest BCUT2D eigenvalue weighted by molar-refractivity contribution is 0.590. The van der Waals surface area contributed by atoms with Crippen LogP contribution in [-0.4, -0.2) is 0 Å². The lowest BCUT2D eigenvalue weighted by atomic mass is 9.65. The third-order valence-corrected chi connectivity index (χ3v) is 31.1. The Labute approximate surface area is 877 Å². The van der Waals surface area contributed by atoms with Gasteiger partial charge in [0.25, 0.3) is 0 Å². The molecule has 147 heavy (non-hydrogen) atoms. The van der Waals surface area contributed by atoms with Crippen molar-refractivity contribution >= 4 is 0 Å². The van der Waals surface area contributed by atoms with E-state index < -0.39 is 5.41 Å². The number of benzene rings is 19. The van der Waals surface area contributed by atoms with Crippen molar-refractivity contribution in [2.24, 2.45) is 0 Å². The topological polar surface area (TPSA) is 0 Å². The number of hydrogen-bond donors (Lipinski definition) is 0. The van der Waals surface area contributed by atoms with Gasteiger partial charge in [-0.3, -0.25) is 0 Å². The van der Waals surface area contributed by atoms with Gasteiger partial charge in [-0.05, 0) is 391 Å². The van der Waals surface area contributed by atoms with Crippen LogP contribution in [0.15, 0.2) is 425 Å². The molecule has 0 radical (unpaired) electrons. The van der Waals surface area contributed by atoms with Crippen LogP contribution in [0.1, 0.15) is 233 Å². The van der Waals surface area contributed by atoms with E-state index in [0.29, 0.717) is 0 Å². The van der Waals surface area contributed by atoms with Gasteiger partial charge in [0.05, 0.1) is 5.41 Å². The summed E-state index contributed by atoms with van der Waals surface area (Å²) in [6, 6.07) is 167. The van der Waals surface area contributed by atoms with Crippen LogP contribution >= 0.6 is 0 Å². The summed E-state index contributed by atoms with van der Waals surface area (Å²) in [6.45, 7) is 55.6. The lowest BCUT2D eigenvalue weighted by Crippen LogP contribution is -2.29. The first-order valence-electron chi connectivity index (χ1n) is 53.1. The molecule has 1 unspecified atom stereocenters. The van der Waals surface area contributed by atoms with Crippen molar-refractivity contribution in [2.75, 3.05) is 0 Å². The normalized spacial score (nSPS) is 13.6. The minimum Gasteiger partial charge on any atom is -0.0622 e. The second-order valence-electron chi connectivity index (χ2n) is 49.9. The maximum absolute atomic E-state index is 2.65. The highest BCUT2D eigenvalue weighted by Crippen LogP contribution is 2.62. The van der Waals surface area contributed by atoms with Crippen LogP contribution in [-0.2, 0) is 48.7 Å². The SMILES string of the molecule is CC(C)(C)c1ccc(-c2cc(-c3ccc(C(C)(C)C)cc3)cc(-c3cc(-c4cc(-c5ccc(C(C)(C)C)cc5)cc(-c5ccc(C(C)(C)C)cc5)c4)cc(C4(c5cc(-c6cc(-c7ccc(C(C)(C)C)cc7)cc(-c7ccc(C(C)(C)C)cc7)c6)cc(-c6ccc(-c7ccc(C(C)(C)C)cc7)cc6-c6ccc(C(C)(C)C)cc6)c5)c5cc(-c6ccccc6)ccc5-c5c(-c6ccccc6-c6ccccc6)cccc54)c3)c2)cc1. The molecule has 0 aliphatic heterocycles. The van der Waals surface area contributed by atoms with Crippen molar-refractivity contribution in [2.45, 2.75) is 215 Å². The van der Waals surface area contributed by atoms with Crippen molar-refractivity contribution in [3.05, 3.63) is 491 Å². The van der Waals surface area contributed by atoms with Gasteiger partial charge in [-0.25, -0.2) is 0 Å². The smallest absolute Gasteiger partial charge is 0.0622 e. The van der Waals surface area contributed by atoms with Crippen molar-refractivity contribution < 1.29 is 0 Å². The van der Waals surface area contributed by atoms with E-state index in [4.69, 9.17) is 0 Å². The Bertz CT molecular complexity index is 7690. The van der Waals surface area contributed by atoms with Gasteiger partial charge in [0.2, 0.25) is 0 Å². The summed E-state index contributed by atoms with van der Waals surface area (Å²) >= 11 is 0. The molecule has 730 valence electrons. The summed E-state index contributed by atoms with van der Waals surface area (Å²) < 4.78 is 0. The summed E-state index contributed by atoms with van der Waals surface area (Å²) in [4.78, 5) is 0. The van der Waals surface area contributed by atoms with E-state index in [2.05, 4.69) is 591 Å². The fourth-order valence-corrected chi connectivity index (χ4v) is 22.0. The third kappa shape index (κ3) is 20.3. The number of fused-ring (bicyclic) bond motifs is 3. The van der Waals surface area contributed by atoms with Crippen LogP contribution < -0.4 is 0 Å². The molecular weight excluding hydrogens is 1770 g/mol. The zero-order valence-electron chi connectivity index (χ0n) is 90.9. The minimum atomic E-state index is -1.18. The largest absolute Gasteiger partial charge is 0.0714 e. The fourth-order valence-electron chi connectivity index (χ4n) is 22.0. The summed E-state index contributed by atoms with van der Waals surface area (Å²) in [5.74, 6) is 0. The van der Waals surface area contributed by atoms with Gasteiger partial charge < -0.3 is 0 Å². The van der Waals surface area contributed by atoms with Crippen molar-refractivity contribution in [3.63, 3.8) is 0 Å². The Morgan fingerprint density at radius 2 is 0.320 bits per heavy atom. The standard InChI is InChI=1S/C147H142/c1-139(2,3)120-60-42-96(43-61-120)105-58-76-131(135(93-105)104-56-74-127(75-57-104)146(22,23)24)119-88-118(115-85-111(101-52-70-125(71-53-101)144(16,17)18)80-112(86-115)102-54-72-126(73-55-102)145(19,20)21)91-129(92-119)147(136-41-33-40-133(132-39-32-31-38-130(132)103-36-29-26-30-37-103)138(136)134-77-59-106(94-137(134)147)95-34-27-25-28-35-95)128-89-116(113-81-107(97-44-62-121(63-45-97)140(4,5)6)78-108(82-113)98-46-64-122(65-47-98)141(7,8)9)87-117(90-128)114-83-109(99-48-66-123(67-49-99)142(10,11)12)79-110(84-114)100-50-68-124(69-51-100)143(13,14)15/h25-94H,1-24H3. The highest BCUT2D eigenvalue weighted by atomic mass is 14.5. The summed E-state index contributed by atoms with van der Waals surface area (Å²) in [6.07, 6.45) is 0. The van der Waals surface area contributed by atoms with Crippen LogP contribution in [0.2, 0.25) is 0 Å². The van der Waals surface area contributed by atoms with E-state index in [1.807, 2.05) is 0 Å². The van der Waals surface area contributed by atoms with E-state index in [1.165, 1.54) is 77.9 Å². The van der Waals surface area contributed by atoms with Crippen molar-refractivity contribution in [1.82, 2.24) is 0 Å². The van der Waals surface area contributed by atoms with Gasteiger partial charge in [-0.2, -0.15) is 0 Å². The van der Waals surface area contributed by atoms with Gasteiger partial charge in [-0.15, -0.1) is 0 Å². The zero-order chi connectivity index (χ0) is 103. The van der Waals surface area contributed by atoms with Gasteiger partial charge in [0, 0.05) is 0 Å². The maximum Gasteiger partial charge on any atom is 0.0714 e. The molecule has 0 heteroatoms. The summed E-state index contributed by atoms with van der Waals surface area (Å²) in [5.41, 5.74) is 49.8. The fraction of sp³-hybridized carbons (Fsp3) is 0.224. The Balaban J connectivity index is 0.986. The molecule has 0 N–H and O–H groups in total. The minimum absolute atomic E-state index is 0.0300. The molecule has 0 aromatic heterocycles. The van der Waals surface area contributed by atoms with Gasteiger partial charge in [0.15, 0.2) is 0 Å². The molecule has 19 aromatic carbocycles. The average molecular weight is 1910 g/mol. The second-order valence-corrected chi connectivity index (χ2v) is 49.9. The zero-order valence-corrected chi connectivity index (χ0v) is 90.9. The molecule has 0 amide bonds. The van der Waals surface area contributed by atoms with E-state index >= 15 is 0 Å². The Hall–Kier alpha value is -14.8. The quantitative estimate of drug-likeness (QED) is 0.0852. The van der Waals surface area contributed by atoms with Crippen LogP contribution in [0, 0.1) is 0 Å². The molecule has 19 aromatic rings. The highest BCUT2D eigenvalue weighted by molar-refractivity contribution is 6.02. The Morgan fingerprint density at radius 3 is 0.626 bits per heavy atom. The number of rotatable bonds is 17. The first-order valence-corrected chi connectivity index (χ1v) is 53.1. The molecule has 20 rings (SSSR count). The molecule has 0 nitrogen and oxygen atoms in total. The van der Waals surface area contributed by atoms with Crippen LogP contribution in [0.3, 0.4) is 0 Å². The van der Waals surface area contributed by atoms with Gasteiger partial charge in [0.1, 0.15) is 0 Å². The second kappa shape index (κ2) is 38.2. The molecule has 0 spiro atoms.